The fourth-order valence-corrected chi connectivity index (χ4v) is 5.32. The van der Waals surface area contributed by atoms with Gasteiger partial charge < -0.3 is 10.3 Å². The van der Waals surface area contributed by atoms with Gasteiger partial charge in [0.15, 0.2) is 5.76 Å². The standard InChI is InChI=1S/C23H29N5O3S/c1-4-28-9-5-6-18(28)14-26-32(29,30)19-8-7-15(2)20(12-19)17-11-21(23(24)25-13-17)22-10-16(3)27-31-22/h7-8,10-13,18,26H,4-6,9,14H2,1-3H3,(H2,24,25)/t18-/m1/s1. The van der Waals surface area contributed by atoms with Gasteiger partial charge in [0.2, 0.25) is 10.0 Å². The summed E-state index contributed by atoms with van der Waals surface area (Å²) in [6.07, 6.45) is 3.76. The number of likely N-dealkylation sites (tertiary alicyclic amines) is 1. The predicted octanol–water partition coefficient (Wildman–Crippen LogP) is 3.37. The zero-order chi connectivity index (χ0) is 22.9. The summed E-state index contributed by atoms with van der Waals surface area (Å²) in [5, 5.41) is 3.92. The van der Waals surface area contributed by atoms with Crippen molar-refractivity contribution in [2.75, 3.05) is 25.4 Å². The molecule has 1 atom stereocenters. The molecule has 0 radical (unpaired) electrons. The van der Waals surface area contributed by atoms with Crippen molar-refractivity contribution in [2.45, 2.75) is 44.6 Å². The minimum Gasteiger partial charge on any atom is -0.383 e. The Kier molecular flexibility index (Phi) is 6.32. The van der Waals surface area contributed by atoms with E-state index in [1.165, 1.54) is 0 Å². The Morgan fingerprint density at radius 1 is 1.22 bits per heavy atom. The predicted molar refractivity (Wildman–Crippen MR) is 125 cm³/mol. The van der Waals surface area contributed by atoms with E-state index >= 15 is 0 Å². The van der Waals surface area contributed by atoms with Gasteiger partial charge in [0.25, 0.3) is 0 Å². The van der Waals surface area contributed by atoms with E-state index in [2.05, 4.69) is 26.7 Å². The molecule has 9 heteroatoms. The highest BCUT2D eigenvalue weighted by Crippen LogP contribution is 2.32. The number of sulfonamides is 1. The van der Waals surface area contributed by atoms with Crippen LogP contribution in [0.25, 0.3) is 22.5 Å². The number of hydrogen-bond acceptors (Lipinski definition) is 7. The Morgan fingerprint density at radius 2 is 2.03 bits per heavy atom. The smallest absolute Gasteiger partial charge is 0.240 e. The number of rotatable bonds is 7. The molecule has 4 rings (SSSR count). The first-order valence-electron chi connectivity index (χ1n) is 10.8. The van der Waals surface area contributed by atoms with Gasteiger partial charge >= 0.3 is 0 Å². The number of hydrogen-bond donors (Lipinski definition) is 2. The summed E-state index contributed by atoms with van der Waals surface area (Å²) in [5.74, 6) is 0.847. The average molecular weight is 456 g/mol. The first-order valence-corrected chi connectivity index (χ1v) is 12.3. The molecule has 0 spiro atoms. The van der Waals surface area contributed by atoms with Crippen LogP contribution >= 0.6 is 0 Å². The number of pyridine rings is 1. The van der Waals surface area contributed by atoms with Crippen molar-refractivity contribution in [1.29, 1.82) is 0 Å². The Balaban J connectivity index is 1.63. The first kappa shape index (κ1) is 22.4. The van der Waals surface area contributed by atoms with E-state index in [0.29, 0.717) is 23.7 Å². The lowest BCUT2D eigenvalue weighted by Gasteiger charge is -2.23. The van der Waals surface area contributed by atoms with Gasteiger partial charge in [0, 0.05) is 30.4 Å². The van der Waals surface area contributed by atoms with Gasteiger partial charge in [0.05, 0.1) is 16.2 Å². The largest absolute Gasteiger partial charge is 0.383 e. The summed E-state index contributed by atoms with van der Waals surface area (Å²) in [6, 6.07) is 9.02. The maximum absolute atomic E-state index is 13.0. The molecular weight excluding hydrogens is 426 g/mol. The molecular formula is C23H29N5O3S. The topological polar surface area (TPSA) is 114 Å². The highest BCUT2D eigenvalue weighted by Gasteiger charge is 2.25. The minimum absolute atomic E-state index is 0.230. The van der Waals surface area contributed by atoms with Crippen LogP contribution in [-0.2, 0) is 10.0 Å². The van der Waals surface area contributed by atoms with Gasteiger partial charge in [-0.2, -0.15) is 0 Å². The third-order valence-corrected chi connectivity index (χ3v) is 7.48. The molecule has 0 unspecified atom stereocenters. The van der Waals surface area contributed by atoms with E-state index in [4.69, 9.17) is 10.3 Å². The molecule has 8 nitrogen and oxygen atoms in total. The van der Waals surface area contributed by atoms with Crippen molar-refractivity contribution < 1.29 is 12.9 Å². The molecule has 0 saturated carbocycles. The molecule has 0 aliphatic carbocycles. The molecule has 1 fully saturated rings. The average Bonchev–Trinajstić information content (AvgIpc) is 3.41. The van der Waals surface area contributed by atoms with Gasteiger partial charge in [-0.25, -0.2) is 18.1 Å². The van der Waals surface area contributed by atoms with Gasteiger partial charge in [-0.15, -0.1) is 0 Å². The number of nitrogens with two attached hydrogens (primary N) is 1. The molecule has 32 heavy (non-hydrogen) atoms. The van der Waals surface area contributed by atoms with Gasteiger partial charge in [-0.1, -0.05) is 18.1 Å². The summed E-state index contributed by atoms with van der Waals surface area (Å²) in [4.78, 5) is 6.84. The lowest BCUT2D eigenvalue weighted by molar-refractivity contribution is 0.268. The molecule has 1 saturated heterocycles. The highest BCUT2D eigenvalue weighted by molar-refractivity contribution is 7.89. The summed E-state index contributed by atoms with van der Waals surface area (Å²) < 4.78 is 34.2. The quantitative estimate of drug-likeness (QED) is 0.561. The van der Waals surface area contributed by atoms with E-state index in [1.54, 1.807) is 24.4 Å². The third kappa shape index (κ3) is 4.55. The van der Waals surface area contributed by atoms with Crippen LogP contribution in [0.15, 0.2) is 45.9 Å². The molecule has 3 heterocycles. The lowest BCUT2D eigenvalue weighted by Crippen LogP contribution is -2.40. The van der Waals surface area contributed by atoms with Crippen molar-refractivity contribution in [1.82, 2.24) is 19.8 Å². The molecule has 0 amide bonds. The monoisotopic (exact) mass is 455 g/mol. The molecule has 3 aromatic rings. The second kappa shape index (κ2) is 9.01. The van der Waals surface area contributed by atoms with Crippen molar-refractivity contribution in [2.24, 2.45) is 0 Å². The van der Waals surface area contributed by atoms with Crippen LogP contribution < -0.4 is 10.5 Å². The number of nitrogen functional groups attached to an aromatic ring is 1. The summed E-state index contributed by atoms with van der Waals surface area (Å²) in [6.45, 7) is 8.24. The molecule has 1 aliphatic rings. The molecule has 3 N–H and O–H groups in total. The second-order valence-corrected chi connectivity index (χ2v) is 10.0. The van der Waals surface area contributed by atoms with Gasteiger partial charge in [0.1, 0.15) is 5.82 Å². The van der Waals surface area contributed by atoms with Crippen LogP contribution in [0.5, 0.6) is 0 Å². The number of benzene rings is 1. The molecule has 170 valence electrons. The Morgan fingerprint density at radius 3 is 2.75 bits per heavy atom. The van der Waals surface area contributed by atoms with Crippen LogP contribution in [-0.4, -0.2) is 49.1 Å². The number of nitrogens with one attached hydrogen (secondary N) is 1. The molecule has 1 aromatic carbocycles. The van der Waals surface area contributed by atoms with E-state index in [1.807, 2.05) is 26.0 Å². The minimum atomic E-state index is -3.64. The van der Waals surface area contributed by atoms with Crippen molar-refractivity contribution in [3.8, 4) is 22.5 Å². The van der Waals surface area contributed by atoms with E-state index in [9.17, 15) is 8.42 Å². The third-order valence-electron chi connectivity index (χ3n) is 6.06. The van der Waals surface area contributed by atoms with Crippen LogP contribution in [0.4, 0.5) is 5.82 Å². The van der Waals surface area contributed by atoms with Crippen LogP contribution in [0.3, 0.4) is 0 Å². The zero-order valence-corrected chi connectivity index (χ0v) is 19.4. The molecule has 2 aromatic heterocycles. The Hall–Kier alpha value is -2.75. The van der Waals surface area contributed by atoms with E-state index in [0.717, 1.165) is 48.3 Å². The normalized spacial score (nSPS) is 17.2. The SMILES string of the molecule is CCN1CCC[C@@H]1CNS(=O)(=O)c1ccc(C)c(-c2cnc(N)c(-c3cc(C)no3)c2)c1. The van der Waals surface area contributed by atoms with Crippen molar-refractivity contribution >= 4 is 15.8 Å². The number of aryl methyl sites for hydroxylation is 2. The Labute approximate surface area is 188 Å². The highest BCUT2D eigenvalue weighted by atomic mass is 32.2. The summed E-state index contributed by atoms with van der Waals surface area (Å²) in [7, 11) is -3.64. The fraction of sp³-hybridized carbons (Fsp3) is 0.391. The van der Waals surface area contributed by atoms with Crippen LogP contribution in [0, 0.1) is 13.8 Å². The molecule has 0 bridgehead atoms. The molecule has 1 aliphatic heterocycles. The number of likely N-dealkylation sites (N-methyl/N-ethyl adjacent to an activating group) is 1. The van der Waals surface area contributed by atoms with Crippen molar-refractivity contribution in [3.63, 3.8) is 0 Å². The number of anilines is 1. The zero-order valence-electron chi connectivity index (χ0n) is 18.6. The van der Waals surface area contributed by atoms with E-state index in [-0.39, 0.29) is 10.9 Å². The second-order valence-electron chi connectivity index (χ2n) is 8.24. The maximum atomic E-state index is 13.0. The van der Waals surface area contributed by atoms with Gasteiger partial charge in [-0.05, 0) is 69.1 Å². The van der Waals surface area contributed by atoms with Gasteiger partial charge in [-0.3, -0.25) is 4.90 Å². The summed E-state index contributed by atoms with van der Waals surface area (Å²) >= 11 is 0. The maximum Gasteiger partial charge on any atom is 0.240 e. The van der Waals surface area contributed by atoms with Crippen LogP contribution in [0.2, 0.25) is 0 Å². The van der Waals surface area contributed by atoms with Crippen molar-refractivity contribution in [3.05, 3.63) is 47.8 Å². The van der Waals surface area contributed by atoms with Crippen LogP contribution in [0.1, 0.15) is 31.0 Å². The van der Waals surface area contributed by atoms with E-state index < -0.39 is 10.0 Å². The Bertz CT molecular complexity index is 1220. The fourth-order valence-electron chi connectivity index (χ4n) is 4.22. The number of nitrogens with zero attached hydrogens (tertiary/aromatic N) is 3. The summed E-state index contributed by atoms with van der Waals surface area (Å²) in [5.41, 5.74) is 9.88. The first-order chi connectivity index (χ1) is 15.3. The number of aromatic nitrogens is 2. The lowest BCUT2D eigenvalue weighted by atomic mass is 10.00.